The third kappa shape index (κ3) is 2.57. The van der Waals surface area contributed by atoms with Crippen molar-refractivity contribution >= 4 is 6.15 Å². The average Bonchev–Trinajstić information content (AvgIpc) is 1.90. The minimum Gasteiger partial charge on any atom is -0.247 e. The van der Waals surface area contributed by atoms with Crippen molar-refractivity contribution in [1.29, 1.82) is 15.8 Å². The van der Waals surface area contributed by atoms with E-state index in [2.05, 4.69) is 0 Å². The molecule has 0 aromatic rings. The largest absolute Gasteiger partial charge is 1.00 e. The summed E-state index contributed by atoms with van der Waals surface area (Å²) in [4.78, 5) is 0. The summed E-state index contributed by atoms with van der Waals surface area (Å²) in [6.45, 7) is 0. The van der Waals surface area contributed by atoms with Gasteiger partial charge in [0.2, 0.25) is 0 Å². The maximum Gasteiger partial charge on any atom is 1.00 e. The van der Waals surface area contributed by atoms with E-state index in [-0.39, 0.29) is 58.2 Å². The van der Waals surface area contributed by atoms with Crippen LogP contribution in [0.25, 0.3) is 0 Å². The van der Waals surface area contributed by atoms with Crippen LogP contribution in [-0.2, 0) is 0 Å². The molecule has 0 saturated carbocycles. The summed E-state index contributed by atoms with van der Waals surface area (Å²) in [6.07, 6.45) is -9.24. The zero-order valence-electron chi connectivity index (χ0n) is 6.05. The molecule has 0 spiro atoms. The van der Waals surface area contributed by atoms with Crippen molar-refractivity contribution in [3.05, 3.63) is 0 Å². The van der Waals surface area contributed by atoms with Crippen LogP contribution < -0.4 is 58.2 Å². The first-order chi connectivity index (χ1) is 4.93. The Morgan fingerprint density at radius 3 is 1.17 bits per heavy atom. The van der Waals surface area contributed by atoms with Crippen LogP contribution in [0.3, 0.4) is 0 Å². The van der Waals surface area contributed by atoms with Gasteiger partial charge < -0.3 is 0 Å². The van der Waals surface area contributed by atoms with Gasteiger partial charge in [-0.1, -0.05) is 0 Å². The Bertz CT molecular complexity index is 244. The van der Waals surface area contributed by atoms with Gasteiger partial charge in [0, 0.05) is 0 Å². The molecule has 0 aromatic heterocycles. The van der Waals surface area contributed by atoms with Gasteiger partial charge in [0.05, 0.1) is 0 Å². The molecule has 0 amide bonds. The molecule has 8 heteroatoms. The van der Waals surface area contributed by atoms with Gasteiger partial charge in [-0.05, 0) is 0 Å². The molecule has 0 bridgehead atoms. The molecular formula is C4BF3N3Rb. The molecule has 0 aliphatic carbocycles. The topological polar surface area (TPSA) is 71.4 Å². The number of halogens is 3. The van der Waals surface area contributed by atoms with Crippen molar-refractivity contribution in [3.63, 3.8) is 0 Å². The first-order valence-electron chi connectivity index (χ1n) is 2.39. The van der Waals surface area contributed by atoms with Gasteiger partial charge in [0.1, 0.15) is 0 Å². The average molecular weight is 243 g/mol. The number of nitriles is 3. The Labute approximate surface area is 115 Å². The number of nitrogens with zero attached hydrogens (tertiary/aromatic N) is 3. The summed E-state index contributed by atoms with van der Waals surface area (Å²) in [6, 6.07) is 0. The molecule has 0 atom stereocenters. The predicted octanol–water partition coefficient (Wildman–Crippen LogP) is -2.27. The minimum absolute atomic E-state index is 0. The number of alkyl halides is 3. The van der Waals surface area contributed by atoms with Crippen LogP contribution >= 0.6 is 0 Å². The molecule has 0 radical (unpaired) electrons. The van der Waals surface area contributed by atoms with Crippen LogP contribution in [0, 0.1) is 33.7 Å². The van der Waals surface area contributed by atoms with Crippen molar-refractivity contribution in [2.45, 2.75) is 6.08 Å². The minimum atomic E-state index is -5.06. The maximum absolute atomic E-state index is 11.7. The van der Waals surface area contributed by atoms with E-state index in [0.717, 1.165) is 0 Å². The second kappa shape index (κ2) is 4.99. The van der Waals surface area contributed by atoms with E-state index in [1.54, 1.807) is 0 Å². The molecular weight excluding hydrogens is 243 g/mol. The fourth-order valence-electron chi connectivity index (χ4n) is 0.306. The zero-order chi connectivity index (χ0) is 9.12. The summed E-state index contributed by atoms with van der Waals surface area (Å²) < 4.78 is 35.2. The second-order valence-electron chi connectivity index (χ2n) is 1.79. The van der Waals surface area contributed by atoms with Crippen LogP contribution in [0.5, 0.6) is 0 Å². The molecule has 0 fully saturated rings. The van der Waals surface area contributed by atoms with Crippen molar-refractivity contribution in [3.8, 4) is 17.9 Å². The van der Waals surface area contributed by atoms with Gasteiger partial charge in [0.25, 0.3) is 6.08 Å². The molecule has 0 aliphatic heterocycles. The van der Waals surface area contributed by atoms with Gasteiger partial charge in [-0.15, -0.1) is 17.9 Å². The number of hydrogen-bond acceptors (Lipinski definition) is 3. The first-order valence-corrected chi connectivity index (χ1v) is 2.39. The molecule has 3 nitrogen and oxygen atoms in total. The van der Waals surface area contributed by atoms with E-state index in [4.69, 9.17) is 15.8 Å². The van der Waals surface area contributed by atoms with E-state index >= 15 is 0 Å². The van der Waals surface area contributed by atoms with Gasteiger partial charge in [-0.25, -0.2) is 29.0 Å². The summed E-state index contributed by atoms with van der Waals surface area (Å²) in [5.41, 5.74) is 0. The van der Waals surface area contributed by atoms with Gasteiger partial charge in [-0.3, -0.25) is 0 Å². The fourth-order valence-corrected chi connectivity index (χ4v) is 0.306. The third-order valence-corrected chi connectivity index (χ3v) is 1.07. The second-order valence-corrected chi connectivity index (χ2v) is 1.79. The Balaban J connectivity index is 0. The maximum atomic E-state index is 11.7. The molecule has 0 rings (SSSR count). The van der Waals surface area contributed by atoms with Gasteiger partial charge >= 0.3 is 64.3 Å². The monoisotopic (exact) mass is 243 g/mol. The van der Waals surface area contributed by atoms with Crippen molar-refractivity contribution in [2.75, 3.05) is 0 Å². The smallest absolute Gasteiger partial charge is 0.247 e. The number of rotatable bonds is 0. The van der Waals surface area contributed by atoms with Crippen LogP contribution in [0.15, 0.2) is 0 Å². The van der Waals surface area contributed by atoms with Crippen LogP contribution in [-0.4, -0.2) is 12.2 Å². The van der Waals surface area contributed by atoms with E-state index in [9.17, 15) is 13.2 Å². The molecule has 0 heterocycles. The molecule has 0 aromatic carbocycles. The molecule has 0 saturated heterocycles. The SMILES string of the molecule is N#C[B-](C#N)(C#N)C(F)(F)F.[Rb+]. The molecule has 0 N–H and O–H groups in total. The first kappa shape index (κ1) is 14.6. The Morgan fingerprint density at radius 1 is 0.917 bits per heavy atom. The molecule has 0 unspecified atom stereocenters. The quantitative estimate of drug-likeness (QED) is 0.450. The Morgan fingerprint density at radius 2 is 1.17 bits per heavy atom. The Kier molecular flexibility index (Phi) is 6.09. The van der Waals surface area contributed by atoms with Crippen LogP contribution in [0.4, 0.5) is 13.2 Å². The van der Waals surface area contributed by atoms with Gasteiger partial charge in [0.15, 0.2) is 0 Å². The summed E-state index contributed by atoms with van der Waals surface area (Å²) >= 11 is 0. The molecule has 56 valence electrons. The predicted molar refractivity (Wildman–Crippen MR) is 28.6 cm³/mol. The fraction of sp³-hybridized carbons (Fsp3) is 0.250. The normalized spacial score (nSPS) is 10.0. The summed E-state index contributed by atoms with van der Waals surface area (Å²) in [7, 11) is 0. The van der Waals surface area contributed by atoms with Crippen molar-refractivity contribution < 1.29 is 71.4 Å². The van der Waals surface area contributed by atoms with Crippen molar-refractivity contribution in [2.24, 2.45) is 0 Å². The summed E-state index contributed by atoms with van der Waals surface area (Å²) in [5.74, 6) is 2.01. The van der Waals surface area contributed by atoms with Gasteiger partial charge in [-0.2, -0.15) is 0 Å². The zero-order valence-corrected chi connectivity index (χ0v) is 11.0. The van der Waals surface area contributed by atoms with Crippen LogP contribution in [0.2, 0.25) is 0 Å². The number of hydrogen-bond donors (Lipinski definition) is 0. The third-order valence-electron chi connectivity index (χ3n) is 1.07. The van der Waals surface area contributed by atoms with E-state index in [0.29, 0.717) is 17.9 Å². The van der Waals surface area contributed by atoms with E-state index in [1.807, 2.05) is 0 Å². The van der Waals surface area contributed by atoms with E-state index in [1.165, 1.54) is 0 Å². The Hall–Kier alpha value is 0.130. The molecule has 12 heavy (non-hydrogen) atoms. The molecule has 0 aliphatic rings. The summed E-state index contributed by atoms with van der Waals surface area (Å²) in [5, 5.41) is 23.8. The van der Waals surface area contributed by atoms with Crippen LogP contribution in [0.1, 0.15) is 0 Å². The van der Waals surface area contributed by atoms with Crippen molar-refractivity contribution in [1.82, 2.24) is 0 Å². The van der Waals surface area contributed by atoms with E-state index < -0.39 is 12.2 Å². The standard InChI is InChI=1S/C4BF3N3.Rb/c6-4(7,8)5(1-9,2-10)3-11;/q-1;+1.